The Hall–Kier alpha value is 0.220. The van der Waals surface area contributed by atoms with Crippen LogP contribution in [-0.4, -0.2) is 4.93 Å². The van der Waals surface area contributed by atoms with Gasteiger partial charge in [-0.1, -0.05) is 22.6 Å². The average Bonchev–Trinajstić information content (AvgIpc) is 1.50. The minimum Gasteiger partial charge on any atom is -0.202 e. The lowest BCUT2D eigenvalue weighted by Gasteiger charge is -1.05. The fraction of sp³-hybridized carbons (Fsp3) is 0.500. The molecule has 0 aliphatic carbocycles. The van der Waals surface area contributed by atoms with E-state index in [2.05, 4.69) is 29.2 Å². The van der Waals surface area contributed by atoms with E-state index in [0.29, 0.717) is 0 Å². The van der Waals surface area contributed by atoms with Crippen molar-refractivity contribution in [3.63, 3.8) is 0 Å². The SMILES string of the molecule is C#N.CI. The summed E-state index contributed by atoms with van der Waals surface area (Å²) in [5.74, 6) is 0. The van der Waals surface area contributed by atoms with E-state index in [9.17, 15) is 0 Å². The van der Waals surface area contributed by atoms with Gasteiger partial charge in [0, 0.05) is 6.57 Å². The lowest BCUT2D eigenvalue weighted by atomic mass is 11.9. The molecule has 0 aliphatic rings. The third-order valence-corrected chi connectivity index (χ3v) is 0. The fourth-order valence-electron chi connectivity index (χ4n) is 0. The van der Waals surface area contributed by atoms with Crippen molar-refractivity contribution in [3.8, 4) is 6.57 Å². The Morgan fingerprint density at radius 1 is 1.50 bits per heavy atom. The minimum absolute atomic E-state index is 1.97. The Morgan fingerprint density at radius 3 is 1.50 bits per heavy atom. The number of nitrogens with zero attached hydrogens (tertiary/aromatic N) is 1. The molecule has 1 nitrogen and oxygen atoms in total. The highest BCUT2D eigenvalue weighted by Crippen LogP contribution is 1.48. The van der Waals surface area contributed by atoms with Gasteiger partial charge >= 0.3 is 0 Å². The monoisotopic (exact) mass is 169 g/mol. The van der Waals surface area contributed by atoms with Crippen LogP contribution in [-0.2, 0) is 0 Å². The number of alkyl halides is 1. The van der Waals surface area contributed by atoms with Crippen LogP contribution in [0.25, 0.3) is 0 Å². The topological polar surface area (TPSA) is 23.8 Å². The molecule has 0 spiro atoms. The summed E-state index contributed by atoms with van der Waals surface area (Å²) >= 11 is 2.15. The molecule has 0 radical (unpaired) electrons. The van der Waals surface area contributed by atoms with Gasteiger partial charge in [0.25, 0.3) is 0 Å². The second-order valence-corrected chi connectivity index (χ2v) is 0. The predicted octanol–water partition coefficient (Wildman–Crippen LogP) is 1.19. The van der Waals surface area contributed by atoms with Crippen LogP contribution >= 0.6 is 22.6 Å². The Kier molecular flexibility index (Phi) is 728. The highest BCUT2D eigenvalue weighted by molar-refractivity contribution is 14.1. The van der Waals surface area contributed by atoms with E-state index in [4.69, 9.17) is 5.26 Å². The summed E-state index contributed by atoms with van der Waals surface area (Å²) in [6, 6.07) is 0. The van der Waals surface area contributed by atoms with Crippen LogP contribution in [0.1, 0.15) is 0 Å². The summed E-state index contributed by atoms with van der Waals surface area (Å²) in [5, 5.41) is 6.50. The van der Waals surface area contributed by atoms with Crippen molar-refractivity contribution in [1.29, 1.82) is 5.26 Å². The number of rotatable bonds is 0. The first kappa shape index (κ1) is 8.88. The molecular weight excluding hydrogens is 165 g/mol. The zero-order valence-corrected chi connectivity index (χ0v) is 4.56. The van der Waals surface area contributed by atoms with E-state index in [1.165, 1.54) is 0 Å². The van der Waals surface area contributed by atoms with Crippen LogP contribution in [0.3, 0.4) is 0 Å². The first-order valence-electron chi connectivity index (χ1n) is 0.636. The van der Waals surface area contributed by atoms with Crippen LogP contribution in [0, 0.1) is 11.8 Å². The molecule has 0 fully saturated rings. The van der Waals surface area contributed by atoms with Gasteiger partial charge in [0.15, 0.2) is 0 Å². The molecule has 0 saturated heterocycles. The van der Waals surface area contributed by atoms with E-state index in [-0.39, 0.29) is 0 Å². The maximum Gasteiger partial charge on any atom is 0.0462 e. The summed E-state index contributed by atoms with van der Waals surface area (Å²) in [4.78, 5) is 1.97. The lowest BCUT2D eigenvalue weighted by Crippen LogP contribution is -0.798. The van der Waals surface area contributed by atoms with Crippen LogP contribution < -0.4 is 0 Å². The van der Waals surface area contributed by atoms with Gasteiger partial charge in [-0.05, 0) is 4.93 Å². The molecule has 24 valence electrons. The fourth-order valence-corrected chi connectivity index (χ4v) is 0. The largest absolute Gasteiger partial charge is 0.202 e. The van der Waals surface area contributed by atoms with Crippen molar-refractivity contribution in [2.45, 2.75) is 0 Å². The Morgan fingerprint density at radius 2 is 1.50 bits per heavy atom. The van der Waals surface area contributed by atoms with Gasteiger partial charge in [-0.15, -0.1) is 0 Å². The van der Waals surface area contributed by atoms with Gasteiger partial charge in [-0.3, -0.25) is 0 Å². The minimum atomic E-state index is 1.97. The van der Waals surface area contributed by atoms with Crippen molar-refractivity contribution in [2.75, 3.05) is 4.93 Å². The number of hydrogen-bond donors (Lipinski definition) is 0. The third kappa shape index (κ3) is 68.3. The summed E-state index contributed by atoms with van der Waals surface area (Å²) in [5.41, 5.74) is 0. The molecule has 0 atom stereocenters. The molecule has 0 N–H and O–H groups in total. The molecular formula is C2H4IN. The van der Waals surface area contributed by atoms with Gasteiger partial charge < -0.3 is 0 Å². The highest BCUT2D eigenvalue weighted by atomic mass is 127. The Labute approximate surface area is 39.8 Å². The summed E-state index contributed by atoms with van der Waals surface area (Å²) in [7, 11) is 0. The van der Waals surface area contributed by atoms with Crippen molar-refractivity contribution in [1.82, 2.24) is 0 Å². The molecule has 2 heteroatoms. The first-order valence-corrected chi connectivity index (χ1v) is 2.79. The third-order valence-electron chi connectivity index (χ3n) is 0. The van der Waals surface area contributed by atoms with Crippen LogP contribution in [0.5, 0.6) is 0 Å². The zero-order valence-electron chi connectivity index (χ0n) is 2.40. The number of halogens is 1. The Balaban J connectivity index is 0. The number of hydrogen-bond acceptors (Lipinski definition) is 1. The second kappa shape index (κ2) is 328. The molecule has 0 aromatic rings. The first-order chi connectivity index (χ1) is 2.00. The summed E-state index contributed by atoms with van der Waals surface area (Å²) < 4.78 is 0. The smallest absolute Gasteiger partial charge is 0.0462 e. The molecule has 0 unspecified atom stereocenters. The second-order valence-electron chi connectivity index (χ2n) is 0. The van der Waals surface area contributed by atoms with Gasteiger partial charge in [0.2, 0.25) is 0 Å². The maximum atomic E-state index is 6.50. The van der Waals surface area contributed by atoms with Gasteiger partial charge in [-0.2, -0.15) is 0 Å². The van der Waals surface area contributed by atoms with Crippen molar-refractivity contribution < 1.29 is 0 Å². The average molecular weight is 169 g/mol. The van der Waals surface area contributed by atoms with Crippen molar-refractivity contribution >= 4 is 22.6 Å². The molecule has 0 aromatic heterocycles. The molecule has 0 aromatic carbocycles. The van der Waals surface area contributed by atoms with Crippen molar-refractivity contribution in [3.05, 3.63) is 0 Å². The van der Waals surface area contributed by atoms with E-state index in [1.54, 1.807) is 0 Å². The van der Waals surface area contributed by atoms with E-state index < -0.39 is 0 Å². The standard InChI is InChI=1S/CH3I.CHN/c2*1-2/h1H3;1H. The quantitative estimate of drug-likeness (QED) is 0.394. The number of nitriles is 1. The molecule has 0 amide bonds. The molecule has 0 bridgehead atoms. The molecule has 0 heterocycles. The lowest BCUT2D eigenvalue weighted by molar-refractivity contribution is 1.58. The van der Waals surface area contributed by atoms with Gasteiger partial charge in [-0.25, -0.2) is 5.26 Å². The maximum absolute atomic E-state index is 6.50. The molecule has 0 rings (SSSR count). The van der Waals surface area contributed by atoms with E-state index in [1.807, 2.05) is 4.93 Å². The van der Waals surface area contributed by atoms with Gasteiger partial charge in [0.1, 0.15) is 0 Å². The van der Waals surface area contributed by atoms with Crippen LogP contribution in [0.4, 0.5) is 0 Å². The zero-order chi connectivity index (χ0) is 4.00. The normalized spacial score (nSPS) is 2.00. The summed E-state index contributed by atoms with van der Waals surface area (Å²) in [6.07, 6.45) is 0. The van der Waals surface area contributed by atoms with Crippen molar-refractivity contribution in [2.24, 2.45) is 0 Å². The predicted molar refractivity (Wildman–Crippen MR) is 26.6 cm³/mol. The van der Waals surface area contributed by atoms with Gasteiger partial charge in [0.05, 0.1) is 0 Å². The molecule has 0 aliphatic heterocycles. The Bertz CT molecular complexity index is 10.8. The summed E-state index contributed by atoms with van der Waals surface area (Å²) in [6.45, 7) is 3.50. The van der Waals surface area contributed by atoms with Crippen LogP contribution in [0.2, 0.25) is 0 Å². The molecule has 4 heavy (non-hydrogen) atoms. The highest BCUT2D eigenvalue weighted by Gasteiger charge is 0.950. The van der Waals surface area contributed by atoms with E-state index >= 15 is 0 Å². The van der Waals surface area contributed by atoms with E-state index in [0.717, 1.165) is 0 Å². The van der Waals surface area contributed by atoms with Crippen LogP contribution in [0.15, 0.2) is 0 Å². The molecule has 0 saturated carbocycles.